The van der Waals surface area contributed by atoms with Crippen LogP contribution in [0.2, 0.25) is 0 Å². The Morgan fingerprint density at radius 1 is 1.55 bits per heavy atom. The molecule has 4 nitrogen and oxygen atoms in total. The number of aromatic nitrogens is 1. The number of aryl methyl sites for hydroxylation is 2. The second-order valence-electron chi connectivity index (χ2n) is 5.31. The van der Waals surface area contributed by atoms with Gasteiger partial charge in [0, 0.05) is 11.4 Å². The van der Waals surface area contributed by atoms with E-state index in [1.165, 1.54) is 29.8 Å². The average Bonchev–Trinajstić information content (AvgIpc) is 2.85. The van der Waals surface area contributed by atoms with Gasteiger partial charge in [-0.3, -0.25) is 9.69 Å². The number of thiazole rings is 1. The predicted octanol–water partition coefficient (Wildman–Crippen LogP) is 2.14. The molecule has 1 aromatic rings. The fourth-order valence-electron chi connectivity index (χ4n) is 2.34. The van der Waals surface area contributed by atoms with E-state index in [-0.39, 0.29) is 11.9 Å². The highest BCUT2D eigenvalue weighted by molar-refractivity contribution is 7.11. The molecule has 0 fully saturated rings. The molecule has 110 valence electrons. The number of nitrogens with one attached hydrogen (secondary N) is 1. The smallest absolute Gasteiger partial charge is 0.237 e. The Morgan fingerprint density at radius 3 is 3.00 bits per heavy atom. The zero-order chi connectivity index (χ0) is 14.5. The first-order valence-electron chi connectivity index (χ1n) is 7.18. The van der Waals surface area contributed by atoms with Crippen molar-refractivity contribution >= 4 is 17.2 Å². The molecule has 1 heterocycles. The van der Waals surface area contributed by atoms with E-state index in [9.17, 15) is 4.79 Å². The molecule has 1 aromatic heterocycles. The lowest BCUT2D eigenvalue weighted by Gasteiger charge is -2.22. The van der Waals surface area contributed by atoms with Crippen LogP contribution in [-0.2, 0) is 24.2 Å². The quantitative estimate of drug-likeness (QED) is 0.817. The van der Waals surface area contributed by atoms with Crippen LogP contribution in [0.15, 0.2) is 12.7 Å². The Hall–Kier alpha value is -1.20. The molecular formula is C15H23N3OS. The summed E-state index contributed by atoms with van der Waals surface area (Å²) in [6, 6.07) is -0.157. The van der Waals surface area contributed by atoms with Crippen molar-refractivity contribution in [2.75, 3.05) is 13.6 Å². The summed E-state index contributed by atoms with van der Waals surface area (Å²) in [5.74, 6) is 0.0359. The van der Waals surface area contributed by atoms with E-state index < -0.39 is 0 Å². The van der Waals surface area contributed by atoms with Gasteiger partial charge in [-0.15, -0.1) is 17.9 Å². The zero-order valence-electron chi connectivity index (χ0n) is 12.3. The monoisotopic (exact) mass is 293 g/mol. The van der Waals surface area contributed by atoms with Gasteiger partial charge < -0.3 is 5.32 Å². The normalized spacial score (nSPS) is 15.8. The van der Waals surface area contributed by atoms with Gasteiger partial charge in [-0.2, -0.15) is 0 Å². The van der Waals surface area contributed by atoms with Gasteiger partial charge in [0.2, 0.25) is 5.91 Å². The van der Waals surface area contributed by atoms with Crippen LogP contribution in [-0.4, -0.2) is 35.4 Å². The van der Waals surface area contributed by atoms with E-state index in [2.05, 4.69) is 11.9 Å². The van der Waals surface area contributed by atoms with E-state index in [1.807, 2.05) is 30.2 Å². The minimum atomic E-state index is -0.157. The molecule has 0 spiro atoms. The standard InChI is InChI=1S/C15H23N3OS/c1-4-9-16-15(19)11(2)18(3)10-14-17-12-7-5-6-8-13(12)20-14/h4,11H,1,5-10H2,2-3H3,(H,16,19)/t11-/m1/s1. The lowest BCUT2D eigenvalue weighted by molar-refractivity contribution is -0.125. The molecule has 0 aliphatic heterocycles. The molecule has 5 heteroatoms. The number of fused-ring (bicyclic) bond motifs is 1. The Morgan fingerprint density at radius 2 is 2.30 bits per heavy atom. The lowest BCUT2D eigenvalue weighted by Crippen LogP contribution is -2.42. The van der Waals surface area contributed by atoms with E-state index in [1.54, 1.807) is 6.08 Å². The fraction of sp³-hybridized carbons (Fsp3) is 0.600. The highest BCUT2D eigenvalue weighted by atomic mass is 32.1. The highest BCUT2D eigenvalue weighted by Crippen LogP contribution is 2.27. The first-order chi connectivity index (χ1) is 9.61. The zero-order valence-corrected chi connectivity index (χ0v) is 13.1. The van der Waals surface area contributed by atoms with E-state index in [0.717, 1.165) is 18.0 Å². The maximum absolute atomic E-state index is 11.9. The molecule has 0 saturated heterocycles. The van der Waals surface area contributed by atoms with Crippen LogP contribution in [0.5, 0.6) is 0 Å². The summed E-state index contributed by atoms with van der Waals surface area (Å²) in [6.07, 6.45) is 6.52. The van der Waals surface area contributed by atoms with Crippen LogP contribution in [0.25, 0.3) is 0 Å². The summed E-state index contributed by atoms with van der Waals surface area (Å²) < 4.78 is 0. The van der Waals surface area contributed by atoms with Gasteiger partial charge in [-0.25, -0.2) is 4.98 Å². The maximum Gasteiger partial charge on any atom is 0.237 e. The number of likely N-dealkylation sites (N-methyl/N-ethyl adjacent to an activating group) is 1. The van der Waals surface area contributed by atoms with Crippen LogP contribution in [0.1, 0.15) is 35.3 Å². The van der Waals surface area contributed by atoms with Crippen molar-refractivity contribution in [2.24, 2.45) is 0 Å². The Kier molecular flexibility index (Phi) is 5.31. The van der Waals surface area contributed by atoms with Crippen LogP contribution in [0.4, 0.5) is 0 Å². The number of hydrogen-bond donors (Lipinski definition) is 1. The molecular weight excluding hydrogens is 270 g/mol. The van der Waals surface area contributed by atoms with Crippen molar-refractivity contribution in [3.05, 3.63) is 28.2 Å². The van der Waals surface area contributed by atoms with Gasteiger partial charge in [0.25, 0.3) is 0 Å². The van der Waals surface area contributed by atoms with Gasteiger partial charge >= 0.3 is 0 Å². The van der Waals surface area contributed by atoms with Gasteiger partial charge in [0.15, 0.2) is 0 Å². The van der Waals surface area contributed by atoms with Gasteiger partial charge in [0.05, 0.1) is 18.3 Å². The fourth-order valence-corrected chi connectivity index (χ4v) is 3.56. The number of carbonyl (C=O) groups excluding carboxylic acids is 1. The number of nitrogens with zero attached hydrogens (tertiary/aromatic N) is 2. The molecule has 1 N–H and O–H groups in total. The molecule has 1 aliphatic carbocycles. The molecule has 0 radical (unpaired) electrons. The summed E-state index contributed by atoms with van der Waals surface area (Å²) in [6.45, 7) is 6.78. The molecule has 1 atom stereocenters. The van der Waals surface area contributed by atoms with Crippen molar-refractivity contribution < 1.29 is 4.79 Å². The third-order valence-electron chi connectivity index (χ3n) is 3.74. The van der Waals surface area contributed by atoms with Gasteiger partial charge in [-0.1, -0.05) is 6.08 Å². The number of carbonyl (C=O) groups is 1. The summed E-state index contributed by atoms with van der Waals surface area (Å²) >= 11 is 1.81. The summed E-state index contributed by atoms with van der Waals surface area (Å²) in [7, 11) is 1.97. The first-order valence-corrected chi connectivity index (χ1v) is 7.99. The maximum atomic E-state index is 11.9. The van der Waals surface area contributed by atoms with Crippen molar-refractivity contribution in [1.29, 1.82) is 0 Å². The lowest BCUT2D eigenvalue weighted by atomic mass is 10.0. The van der Waals surface area contributed by atoms with Crippen LogP contribution < -0.4 is 5.32 Å². The first kappa shape index (κ1) is 15.2. The predicted molar refractivity (Wildman–Crippen MR) is 82.9 cm³/mol. The highest BCUT2D eigenvalue weighted by Gasteiger charge is 2.20. The molecule has 0 saturated carbocycles. The van der Waals surface area contributed by atoms with Crippen LogP contribution >= 0.6 is 11.3 Å². The van der Waals surface area contributed by atoms with Crippen LogP contribution in [0, 0.1) is 0 Å². The number of amides is 1. The Labute approximate surface area is 124 Å². The van der Waals surface area contributed by atoms with E-state index in [0.29, 0.717) is 6.54 Å². The molecule has 0 unspecified atom stereocenters. The summed E-state index contributed by atoms with van der Waals surface area (Å²) in [5, 5.41) is 3.96. The molecule has 2 rings (SSSR count). The van der Waals surface area contributed by atoms with Gasteiger partial charge in [0.1, 0.15) is 5.01 Å². The minimum Gasteiger partial charge on any atom is -0.351 e. The molecule has 0 bridgehead atoms. The largest absolute Gasteiger partial charge is 0.351 e. The Balaban J connectivity index is 1.93. The molecule has 0 aromatic carbocycles. The Bertz CT molecular complexity index is 460. The SMILES string of the molecule is C=CCNC(=O)[C@@H](C)N(C)Cc1nc2c(s1)CCCC2. The van der Waals surface area contributed by atoms with Crippen molar-refractivity contribution in [1.82, 2.24) is 15.2 Å². The van der Waals surface area contributed by atoms with E-state index >= 15 is 0 Å². The second kappa shape index (κ2) is 6.99. The number of hydrogen-bond acceptors (Lipinski definition) is 4. The van der Waals surface area contributed by atoms with E-state index in [4.69, 9.17) is 4.98 Å². The van der Waals surface area contributed by atoms with Gasteiger partial charge in [-0.05, 0) is 39.7 Å². The molecule has 20 heavy (non-hydrogen) atoms. The summed E-state index contributed by atoms with van der Waals surface area (Å²) in [4.78, 5) is 20.1. The third-order valence-corrected chi connectivity index (χ3v) is 4.88. The van der Waals surface area contributed by atoms with Crippen LogP contribution in [0.3, 0.4) is 0 Å². The van der Waals surface area contributed by atoms with Crippen molar-refractivity contribution in [3.63, 3.8) is 0 Å². The topological polar surface area (TPSA) is 45.2 Å². The second-order valence-corrected chi connectivity index (χ2v) is 6.48. The van der Waals surface area contributed by atoms with Crippen molar-refractivity contribution in [2.45, 2.75) is 45.2 Å². The molecule has 1 aliphatic rings. The molecule has 1 amide bonds. The average molecular weight is 293 g/mol. The third kappa shape index (κ3) is 3.67. The number of rotatable bonds is 6. The summed E-state index contributed by atoms with van der Waals surface area (Å²) in [5.41, 5.74) is 1.29. The van der Waals surface area contributed by atoms with Crippen molar-refractivity contribution in [3.8, 4) is 0 Å². The minimum absolute atomic E-state index is 0.0359.